The van der Waals surface area contributed by atoms with Gasteiger partial charge in [-0.05, 0) is 38.0 Å². The number of fused-ring (bicyclic) bond motifs is 1. The Morgan fingerprint density at radius 3 is 2.35 bits per heavy atom. The molecule has 6 heteroatoms. The van der Waals surface area contributed by atoms with Crippen molar-refractivity contribution in [3.05, 3.63) is 63.9 Å². The molecule has 0 unspecified atom stereocenters. The number of para-hydroxylation sites is 2. The summed E-state index contributed by atoms with van der Waals surface area (Å²) in [6, 6.07) is 11.1. The van der Waals surface area contributed by atoms with Crippen molar-refractivity contribution in [1.82, 2.24) is 5.32 Å². The van der Waals surface area contributed by atoms with Crippen LogP contribution in [0, 0.1) is 20.8 Å². The molecule has 0 spiro atoms. The van der Waals surface area contributed by atoms with E-state index in [2.05, 4.69) is 10.6 Å². The van der Waals surface area contributed by atoms with Gasteiger partial charge in [0.15, 0.2) is 11.3 Å². The average Bonchev–Trinajstić information content (AvgIpc) is 2.95. The van der Waals surface area contributed by atoms with Gasteiger partial charge >= 0.3 is 0 Å². The Balaban J connectivity index is 1.70. The van der Waals surface area contributed by atoms with Crippen molar-refractivity contribution in [2.45, 2.75) is 20.8 Å². The molecule has 0 fully saturated rings. The lowest BCUT2D eigenvalue weighted by atomic mass is 10.1. The molecule has 2 N–H and O–H groups in total. The Bertz CT molecular complexity index is 987. The van der Waals surface area contributed by atoms with Crippen LogP contribution in [0.3, 0.4) is 0 Å². The molecule has 0 aliphatic rings. The first-order valence-electron chi connectivity index (χ1n) is 8.20. The smallest absolute Gasteiger partial charge is 0.287 e. The van der Waals surface area contributed by atoms with E-state index < -0.39 is 5.91 Å². The highest BCUT2D eigenvalue weighted by Gasteiger charge is 2.19. The fourth-order valence-corrected chi connectivity index (χ4v) is 3.07. The highest BCUT2D eigenvalue weighted by Crippen LogP contribution is 2.30. The number of aryl methyl sites for hydroxylation is 3. The second-order valence-electron chi connectivity index (χ2n) is 6.17. The zero-order valence-electron chi connectivity index (χ0n) is 14.8. The van der Waals surface area contributed by atoms with E-state index in [1.807, 2.05) is 38.1 Å². The number of benzene rings is 2. The maximum absolute atomic E-state index is 12.4. The normalized spacial score (nSPS) is 10.8. The van der Waals surface area contributed by atoms with E-state index >= 15 is 0 Å². The second-order valence-corrected chi connectivity index (χ2v) is 6.58. The molecule has 0 aliphatic heterocycles. The van der Waals surface area contributed by atoms with Crippen molar-refractivity contribution in [3.8, 4) is 0 Å². The van der Waals surface area contributed by atoms with Gasteiger partial charge in [-0.2, -0.15) is 0 Å². The van der Waals surface area contributed by atoms with Crippen LogP contribution in [0.2, 0.25) is 5.02 Å². The summed E-state index contributed by atoms with van der Waals surface area (Å²) in [5.41, 5.74) is 3.85. The zero-order valence-corrected chi connectivity index (χ0v) is 15.5. The van der Waals surface area contributed by atoms with Crippen molar-refractivity contribution in [2.24, 2.45) is 0 Å². The van der Waals surface area contributed by atoms with Gasteiger partial charge in [0.25, 0.3) is 5.91 Å². The van der Waals surface area contributed by atoms with E-state index in [1.165, 1.54) is 0 Å². The summed E-state index contributed by atoms with van der Waals surface area (Å²) in [7, 11) is 0. The molecule has 3 rings (SSSR count). The van der Waals surface area contributed by atoms with Crippen molar-refractivity contribution in [3.63, 3.8) is 0 Å². The van der Waals surface area contributed by atoms with Gasteiger partial charge in [0.2, 0.25) is 5.91 Å². The van der Waals surface area contributed by atoms with Crippen molar-refractivity contribution in [1.29, 1.82) is 0 Å². The Morgan fingerprint density at radius 1 is 1.04 bits per heavy atom. The van der Waals surface area contributed by atoms with Crippen LogP contribution in [0.15, 0.2) is 40.8 Å². The highest BCUT2D eigenvalue weighted by atomic mass is 35.5. The van der Waals surface area contributed by atoms with Crippen molar-refractivity contribution in [2.75, 3.05) is 11.9 Å². The maximum Gasteiger partial charge on any atom is 0.287 e. The SMILES string of the molecule is Cc1cccc(C)c1NC(=O)CNC(=O)c1oc2c(Cl)cccc2c1C. The highest BCUT2D eigenvalue weighted by molar-refractivity contribution is 6.35. The third-order valence-corrected chi connectivity index (χ3v) is 4.57. The molecule has 134 valence electrons. The molecular weight excluding hydrogens is 352 g/mol. The largest absolute Gasteiger partial charge is 0.449 e. The van der Waals surface area contributed by atoms with Gasteiger partial charge in [-0.1, -0.05) is 41.9 Å². The van der Waals surface area contributed by atoms with Gasteiger partial charge in [-0.25, -0.2) is 0 Å². The number of carbonyl (C=O) groups excluding carboxylic acids is 2. The minimum absolute atomic E-state index is 0.156. The number of anilines is 1. The summed E-state index contributed by atoms with van der Waals surface area (Å²) in [6.07, 6.45) is 0. The number of amides is 2. The van der Waals surface area contributed by atoms with E-state index in [9.17, 15) is 9.59 Å². The van der Waals surface area contributed by atoms with E-state index in [1.54, 1.807) is 19.1 Å². The summed E-state index contributed by atoms with van der Waals surface area (Å²) in [5, 5.41) is 6.64. The fourth-order valence-electron chi connectivity index (χ4n) is 2.86. The number of hydrogen-bond donors (Lipinski definition) is 2. The Kier molecular flexibility index (Phi) is 5.00. The van der Waals surface area contributed by atoms with Gasteiger partial charge in [0.05, 0.1) is 11.6 Å². The molecule has 1 aromatic heterocycles. The van der Waals surface area contributed by atoms with Crippen LogP contribution in [0.1, 0.15) is 27.2 Å². The average molecular weight is 371 g/mol. The Labute approximate surface area is 156 Å². The molecule has 26 heavy (non-hydrogen) atoms. The second kappa shape index (κ2) is 7.22. The molecule has 0 aliphatic carbocycles. The summed E-state index contributed by atoms with van der Waals surface area (Å²) in [6.45, 7) is 5.47. The predicted octanol–water partition coefficient (Wildman–Crippen LogP) is 4.38. The molecule has 1 heterocycles. The van der Waals surface area contributed by atoms with E-state index in [0.717, 1.165) is 22.2 Å². The maximum atomic E-state index is 12.4. The van der Waals surface area contributed by atoms with E-state index in [4.69, 9.17) is 16.0 Å². The number of hydrogen-bond acceptors (Lipinski definition) is 3. The van der Waals surface area contributed by atoms with E-state index in [0.29, 0.717) is 16.2 Å². The zero-order chi connectivity index (χ0) is 18.8. The predicted molar refractivity (Wildman–Crippen MR) is 103 cm³/mol. The van der Waals surface area contributed by atoms with Crippen LogP contribution >= 0.6 is 11.6 Å². The molecule has 0 saturated carbocycles. The number of furan rings is 1. The van der Waals surface area contributed by atoms with Crippen LogP contribution in [0.25, 0.3) is 11.0 Å². The summed E-state index contributed by atoms with van der Waals surface area (Å²) in [4.78, 5) is 24.6. The van der Waals surface area contributed by atoms with Gasteiger partial charge < -0.3 is 15.1 Å². The molecule has 0 saturated heterocycles. The topological polar surface area (TPSA) is 71.3 Å². The molecule has 0 radical (unpaired) electrons. The molecule has 5 nitrogen and oxygen atoms in total. The number of halogens is 1. The lowest BCUT2D eigenvalue weighted by Gasteiger charge is -2.11. The Hall–Kier alpha value is -2.79. The molecule has 0 atom stereocenters. The minimum Gasteiger partial charge on any atom is -0.449 e. The fraction of sp³-hybridized carbons (Fsp3) is 0.200. The van der Waals surface area contributed by atoms with Gasteiger partial charge in [-0.15, -0.1) is 0 Å². The standard InChI is InChI=1S/C20H19ClN2O3/c1-11-6-4-7-12(2)17(11)23-16(24)10-22-20(25)18-13(3)14-8-5-9-15(21)19(14)26-18/h4-9H,10H2,1-3H3,(H,22,25)(H,23,24). The molecule has 0 bridgehead atoms. The van der Waals surface area contributed by atoms with Crippen LogP contribution in [0.4, 0.5) is 5.69 Å². The third kappa shape index (κ3) is 3.44. The van der Waals surface area contributed by atoms with Crippen LogP contribution in [-0.2, 0) is 4.79 Å². The lowest BCUT2D eigenvalue weighted by Crippen LogP contribution is -2.33. The minimum atomic E-state index is -0.452. The summed E-state index contributed by atoms with van der Waals surface area (Å²) >= 11 is 6.10. The molecule has 3 aromatic rings. The number of nitrogens with one attached hydrogen (secondary N) is 2. The van der Waals surface area contributed by atoms with E-state index in [-0.39, 0.29) is 18.2 Å². The summed E-state index contributed by atoms with van der Waals surface area (Å²) < 4.78 is 5.60. The van der Waals surface area contributed by atoms with Crippen LogP contribution < -0.4 is 10.6 Å². The van der Waals surface area contributed by atoms with Crippen molar-refractivity contribution >= 4 is 40.1 Å². The number of carbonyl (C=O) groups is 2. The molecule has 2 amide bonds. The van der Waals surface area contributed by atoms with Crippen molar-refractivity contribution < 1.29 is 14.0 Å². The molecular formula is C20H19ClN2O3. The van der Waals surface area contributed by atoms with Gasteiger partial charge in [0, 0.05) is 16.6 Å². The summed E-state index contributed by atoms with van der Waals surface area (Å²) in [5.74, 6) is -0.595. The number of rotatable bonds is 4. The first-order valence-corrected chi connectivity index (χ1v) is 8.58. The van der Waals surface area contributed by atoms with Gasteiger partial charge in [0.1, 0.15) is 0 Å². The van der Waals surface area contributed by atoms with Crippen LogP contribution in [-0.4, -0.2) is 18.4 Å². The quantitative estimate of drug-likeness (QED) is 0.715. The molecule has 2 aromatic carbocycles. The first-order chi connectivity index (χ1) is 12.4. The monoisotopic (exact) mass is 370 g/mol. The van der Waals surface area contributed by atoms with Crippen LogP contribution in [0.5, 0.6) is 0 Å². The van der Waals surface area contributed by atoms with Gasteiger partial charge in [-0.3, -0.25) is 9.59 Å². The third-order valence-electron chi connectivity index (χ3n) is 4.28. The Morgan fingerprint density at radius 2 is 1.69 bits per heavy atom. The lowest BCUT2D eigenvalue weighted by molar-refractivity contribution is -0.115. The first kappa shape index (κ1) is 18.0.